The summed E-state index contributed by atoms with van der Waals surface area (Å²) >= 11 is 0. The van der Waals surface area contributed by atoms with E-state index in [1.807, 2.05) is 72.8 Å². The standard InChI is InChI=1S/C19H18O2S/c1-15(22(20,21)14-16-7-3-2-4-8-16)18-12-11-17-9-5-6-10-19(17)13-18/h2-13,15H,14H2,1H3. The molecule has 0 aliphatic carbocycles. The molecule has 0 saturated carbocycles. The molecule has 3 aromatic carbocycles. The Balaban J connectivity index is 1.92. The molecule has 1 unspecified atom stereocenters. The van der Waals surface area contributed by atoms with Gasteiger partial charge in [-0.15, -0.1) is 0 Å². The van der Waals surface area contributed by atoms with Gasteiger partial charge >= 0.3 is 0 Å². The molecule has 0 N–H and O–H groups in total. The minimum absolute atomic E-state index is 0.0713. The van der Waals surface area contributed by atoms with E-state index in [-0.39, 0.29) is 5.75 Å². The van der Waals surface area contributed by atoms with E-state index >= 15 is 0 Å². The molecule has 0 saturated heterocycles. The summed E-state index contributed by atoms with van der Waals surface area (Å²) in [6.45, 7) is 1.77. The third-order valence-corrected chi connectivity index (χ3v) is 6.08. The summed E-state index contributed by atoms with van der Waals surface area (Å²) in [4.78, 5) is 0. The van der Waals surface area contributed by atoms with Gasteiger partial charge in [0.1, 0.15) is 0 Å². The number of benzene rings is 3. The normalized spacial score (nSPS) is 13.1. The van der Waals surface area contributed by atoms with Gasteiger partial charge in [-0.05, 0) is 34.9 Å². The van der Waals surface area contributed by atoms with Crippen LogP contribution in [0.5, 0.6) is 0 Å². The van der Waals surface area contributed by atoms with Gasteiger partial charge in [-0.25, -0.2) is 8.42 Å². The van der Waals surface area contributed by atoms with Crippen molar-refractivity contribution >= 4 is 20.6 Å². The van der Waals surface area contributed by atoms with Crippen LogP contribution in [0.2, 0.25) is 0 Å². The van der Waals surface area contributed by atoms with Gasteiger partial charge < -0.3 is 0 Å². The summed E-state index contributed by atoms with van der Waals surface area (Å²) in [5.74, 6) is 0.0713. The Hall–Kier alpha value is -2.13. The van der Waals surface area contributed by atoms with Crippen molar-refractivity contribution in [3.63, 3.8) is 0 Å². The zero-order chi connectivity index (χ0) is 15.6. The molecule has 0 amide bonds. The van der Waals surface area contributed by atoms with Gasteiger partial charge in [0.2, 0.25) is 0 Å². The fraction of sp³-hybridized carbons (Fsp3) is 0.158. The average molecular weight is 310 g/mol. The van der Waals surface area contributed by atoms with Crippen LogP contribution in [0.1, 0.15) is 23.3 Å². The summed E-state index contributed by atoms with van der Waals surface area (Å²) < 4.78 is 25.3. The second-order valence-corrected chi connectivity index (χ2v) is 7.86. The van der Waals surface area contributed by atoms with Gasteiger partial charge in [0.15, 0.2) is 9.84 Å². The summed E-state index contributed by atoms with van der Waals surface area (Å²) in [5.41, 5.74) is 1.67. The van der Waals surface area contributed by atoms with Crippen LogP contribution in [0.4, 0.5) is 0 Å². The zero-order valence-corrected chi connectivity index (χ0v) is 13.3. The first-order chi connectivity index (χ1) is 10.6. The molecule has 3 aromatic rings. The molecule has 2 nitrogen and oxygen atoms in total. The third-order valence-electron chi connectivity index (χ3n) is 3.99. The highest BCUT2D eigenvalue weighted by Gasteiger charge is 2.23. The highest BCUT2D eigenvalue weighted by Crippen LogP contribution is 2.28. The summed E-state index contributed by atoms with van der Waals surface area (Å²) in [6.07, 6.45) is 0. The van der Waals surface area contributed by atoms with E-state index in [1.165, 1.54) is 0 Å². The molecule has 3 heteroatoms. The lowest BCUT2D eigenvalue weighted by molar-refractivity contribution is 0.585. The van der Waals surface area contributed by atoms with Crippen molar-refractivity contribution in [2.24, 2.45) is 0 Å². The largest absolute Gasteiger partial charge is 0.228 e. The van der Waals surface area contributed by atoms with Gasteiger partial charge in [0.25, 0.3) is 0 Å². The van der Waals surface area contributed by atoms with Crippen LogP contribution >= 0.6 is 0 Å². The Morgan fingerprint density at radius 2 is 1.45 bits per heavy atom. The highest BCUT2D eigenvalue weighted by molar-refractivity contribution is 7.90. The van der Waals surface area contributed by atoms with E-state index in [4.69, 9.17) is 0 Å². The van der Waals surface area contributed by atoms with Crippen molar-refractivity contribution < 1.29 is 8.42 Å². The SMILES string of the molecule is CC(c1ccc2ccccc2c1)S(=O)(=O)Cc1ccccc1. The van der Waals surface area contributed by atoms with E-state index in [9.17, 15) is 8.42 Å². The van der Waals surface area contributed by atoms with Gasteiger partial charge in [-0.3, -0.25) is 0 Å². The fourth-order valence-corrected chi connectivity index (χ4v) is 4.07. The van der Waals surface area contributed by atoms with Crippen molar-refractivity contribution in [3.8, 4) is 0 Å². The van der Waals surface area contributed by atoms with Crippen molar-refractivity contribution in [3.05, 3.63) is 83.9 Å². The molecule has 0 fully saturated rings. The quantitative estimate of drug-likeness (QED) is 0.710. The molecule has 0 radical (unpaired) electrons. The number of hydrogen-bond donors (Lipinski definition) is 0. The Labute approximate surface area is 131 Å². The van der Waals surface area contributed by atoms with E-state index in [0.717, 1.165) is 21.9 Å². The lowest BCUT2D eigenvalue weighted by Crippen LogP contribution is -2.12. The van der Waals surface area contributed by atoms with Crippen LogP contribution < -0.4 is 0 Å². The van der Waals surface area contributed by atoms with Gasteiger partial charge in [-0.1, -0.05) is 66.7 Å². The minimum atomic E-state index is -3.24. The third kappa shape index (κ3) is 3.04. The highest BCUT2D eigenvalue weighted by atomic mass is 32.2. The summed E-state index contributed by atoms with van der Waals surface area (Å²) in [7, 11) is -3.24. The van der Waals surface area contributed by atoms with Crippen LogP contribution in [-0.2, 0) is 15.6 Å². The van der Waals surface area contributed by atoms with Crippen LogP contribution in [0.3, 0.4) is 0 Å². The topological polar surface area (TPSA) is 34.1 Å². The van der Waals surface area contributed by atoms with E-state index in [0.29, 0.717) is 0 Å². The van der Waals surface area contributed by atoms with Crippen molar-refractivity contribution in [1.82, 2.24) is 0 Å². The Morgan fingerprint density at radius 1 is 0.818 bits per heavy atom. The predicted octanol–water partition coefficient (Wildman–Crippen LogP) is 4.52. The molecule has 0 aliphatic heterocycles. The lowest BCUT2D eigenvalue weighted by atomic mass is 10.1. The smallest absolute Gasteiger partial charge is 0.161 e. The molecule has 0 bridgehead atoms. The molecule has 3 rings (SSSR count). The number of hydrogen-bond acceptors (Lipinski definition) is 2. The van der Waals surface area contributed by atoms with Gasteiger partial charge in [0.05, 0.1) is 11.0 Å². The van der Waals surface area contributed by atoms with Gasteiger partial charge in [-0.2, -0.15) is 0 Å². The first kappa shape index (κ1) is 14.8. The molecular weight excluding hydrogens is 292 g/mol. The number of fused-ring (bicyclic) bond motifs is 1. The second kappa shape index (κ2) is 5.93. The van der Waals surface area contributed by atoms with E-state index in [1.54, 1.807) is 6.92 Å². The van der Waals surface area contributed by atoms with Crippen molar-refractivity contribution in [2.45, 2.75) is 17.9 Å². The maximum absolute atomic E-state index is 12.6. The second-order valence-electron chi connectivity index (χ2n) is 5.54. The zero-order valence-electron chi connectivity index (χ0n) is 12.4. The molecule has 0 spiro atoms. The van der Waals surface area contributed by atoms with Crippen molar-refractivity contribution in [2.75, 3.05) is 0 Å². The minimum Gasteiger partial charge on any atom is -0.228 e. The lowest BCUT2D eigenvalue weighted by Gasteiger charge is -2.14. The molecule has 22 heavy (non-hydrogen) atoms. The first-order valence-electron chi connectivity index (χ1n) is 7.30. The van der Waals surface area contributed by atoms with Crippen molar-refractivity contribution in [1.29, 1.82) is 0 Å². The Kier molecular flexibility index (Phi) is 3.99. The Morgan fingerprint density at radius 3 is 2.18 bits per heavy atom. The molecular formula is C19H18O2S. The molecule has 112 valence electrons. The predicted molar refractivity (Wildman–Crippen MR) is 91.4 cm³/mol. The molecule has 0 heterocycles. The monoisotopic (exact) mass is 310 g/mol. The number of sulfone groups is 1. The molecule has 1 atom stereocenters. The van der Waals surface area contributed by atoms with Crippen LogP contribution in [0, 0.1) is 0 Å². The summed E-state index contributed by atoms with van der Waals surface area (Å²) in [6, 6.07) is 23.2. The van der Waals surface area contributed by atoms with Crippen LogP contribution in [0.25, 0.3) is 10.8 Å². The molecule has 0 aliphatic rings. The maximum atomic E-state index is 12.6. The van der Waals surface area contributed by atoms with Crippen LogP contribution in [0.15, 0.2) is 72.8 Å². The fourth-order valence-electron chi connectivity index (χ4n) is 2.60. The number of rotatable bonds is 4. The summed E-state index contributed by atoms with van der Waals surface area (Å²) in [5, 5.41) is 1.68. The van der Waals surface area contributed by atoms with E-state index in [2.05, 4.69) is 0 Å². The van der Waals surface area contributed by atoms with E-state index < -0.39 is 15.1 Å². The maximum Gasteiger partial charge on any atom is 0.161 e. The molecule has 0 aromatic heterocycles. The van der Waals surface area contributed by atoms with Gasteiger partial charge in [0, 0.05) is 0 Å². The average Bonchev–Trinajstić information content (AvgIpc) is 2.54. The first-order valence-corrected chi connectivity index (χ1v) is 9.02. The van der Waals surface area contributed by atoms with Crippen LogP contribution in [-0.4, -0.2) is 8.42 Å². The Bertz CT molecular complexity index is 883.